The molecular formula is C17H16BrNO4. The van der Waals surface area contributed by atoms with Gasteiger partial charge in [-0.1, -0.05) is 28.1 Å². The van der Waals surface area contributed by atoms with Gasteiger partial charge in [0.15, 0.2) is 6.61 Å². The molecule has 0 radical (unpaired) electrons. The molecular weight excluding hydrogens is 362 g/mol. The van der Waals surface area contributed by atoms with Gasteiger partial charge >= 0.3 is 5.97 Å². The number of halogens is 1. The molecule has 0 saturated carbocycles. The molecule has 0 saturated heterocycles. The molecule has 23 heavy (non-hydrogen) atoms. The van der Waals surface area contributed by atoms with Crippen molar-refractivity contribution in [1.82, 2.24) is 0 Å². The van der Waals surface area contributed by atoms with Gasteiger partial charge in [0.2, 0.25) is 0 Å². The molecule has 0 bridgehead atoms. The Balaban J connectivity index is 2.06. The van der Waals surface area contributed by atoms with Crippen molar-refractivity contribution in [2.75, 3.05) is 11.9 Å². The van der Waals surface area contributed by atoms with Gasteiger partial charge in [0.1, 0.15) is 5.75 Å². The molecule has 0 atom stereocenters. The fraction of sp³-hybridized carbons (Fsp3) is 0.176. The summed E-state index contributed by atoms with van der Waals surface area (Å²) < 4.78 is 6.13. The molecule has 120 valence electrons. The smallest absolute Gasteiger partial charge is 0.337 e. The van der Waals surface area contributed by atoms with Crippen LogP contribution in [0.1, 0.15) is 21.5 Å². The standard InChI is InChI=1S/C17H16BrNO4/c1-10-4-3-5-15(11(10)2)23-9-16(20)19-14-7-6-12(18)8-13(14)17(21)22/h3-8H,9H2,1-2H3,(H,19,20)(H,21,22). The summed E-state index contributed by atoms with van der Waals surface area (Å²) in [6.07, 6.45) is 0. The van der Waals surface area contributed by atoms with Crippen molar-refractivity contribution >= 4 is 33.5 Å². The van der Waals surface area contributed by atoms with E-state index in [-0.39, 0.29) is 17.9 Å². The Bertz CT molecular complexity index is 758. The van der Waals surface area contributed by atoms with Gasteiger partial charge in [-0.05, 0) is 49.2 Å². The van der Waals surface area contributed by atoms with Crippen LogP contribution in [0, 0.1) is 13.8 Å². The van der Waals surface area contributed by atoms with Crippen molar-refractivity contribution in [3.05, 3.63) is 57.6 Å². The number of aryl methyl sites for hydroxylation is 1. The first-order valence-electron chi connectivity index (χ1n) is 6.90. The zero-order valence-electron chi connectivity index (χ0n) is 12.7. The third-order valence-corrected chi connectivity index (χ3v) is 3.89. The van der Waals surface area contributed by atoms with E-state index >= 15 is 0 Å². The van der Waals surface area contributed by atoms with E-state index < -0.39 is 11.9 Å². The minimum atomic E-state index is -1.11. The molecule has 0 aliphatic rings. The van der Waals surface area contributed by atoms with E-state index in [4.69, 9.17) is 4.74 Å². The van der Waals surface area contributed by atoms with Gasteiger partial charge in [0.25, 0.3) is 5.91 Å². The van der Waals surface area contributed by atoms with Crippen LogP contribution in [0.5, 0.6) is 5.75 Å². The number of hydrogen-bond acceptors (Lipinski definition) is 3. The largest absolute Gasteiger partial charge is 0.483 e. The predicted molar refractivity (Wildman–Crippen MR) is 91.1 cm³/mol. The summed E-state index contributed by atoms with van der Waals surface area (Å²) in [5, 5.41) is 11.7. The lowest BCUT2D eigenvalue weighted by Gasteiger charge is -2.12. The predicted octanol–water partition coefficient (Wildman–Crippen LogP) is 3.78. The second kappa shape index (κ2) is 7.28. The monoisotopic (exact) mass is 377 g/mol. The number of carboxylic acid groups (broad SMARTS) is 1. The fourth-order valence-corrected chi connectivity index (χ4v) is 2.37. The Kier molecular flexibility index (Phi) is 5.39. The number of benzene rings is 2. The molecule has 0 spiro atoms. The summed E-state index contributed by atoms with van der Waals surface area (Å²) in [5.74, 6) is -0.901. The number of ether oxygens (including phenoxy) is 1. The third-order valence-electron chi connectivity index (χ3n) is 3.40. The third kappa shape index (κ3) is 4.32. The van der Waals surface area contributed by atoms with E-state index in [1.165, 1.54) is 12.1 Å². The molecule has 6 heteroatoms. The first kappa shape index (κ1) is 17.0. The Morgan fingerprint density at radius 3 is 2.65 bits per heavy atom. The number of carbonyl (C=O) groups is 2. The maximum atomic E-state index is 12.0. The van der Waals surface area contributed by atoms with E-state index in [0.29, 0.717) is 10.2 Å². The van der Waals surface area contributed by atoms with Crippen LogP contribution in [0.4, 0.5) is 5.69 Å². The van der Waals surface area contributed by atoms with Crippen LogP contribution in [0.15, 0.2) is 40.9 Å². The van der Waals surface area contributed by atoms with Crippen LogP contribution < -0.4 is 10.1 Å². The molecule has 2 N–H and O–H groups in total. The molecule has 0 heterocycles. The first-order chi connectivity index (χ1) is 10.9. The Morgan fingerprint density at radius 1 is 1.22 bits per heavy atom. The van der Waals surface area contributed by atoms with Crippen molar-refractivity contribution in [2.24, 2.45) is 0 Å². The van der Waals surface area contributed by atoms with E-state index in [9.17, 15) is 14.7 Å². The molecule has 2 aromatic carbocycles. The Labute approximate surface area is 142 Å². The summed E-state index contributed by atoms with van der Waals surface area (Å²) in [6, 6.07) is 10.2. The highest BCUT2D eigenvalue weighted by Gasteiger charge is 2.13. The summed E-state index contributed by atoms with van der Waals surface area (Å²) in [5.41, 5.74) is 2.29. The van der Waals surface area contributed by atoms with Crippen LogP contribution >= 0.6 is 15.9 Å². The minimum Gasteiger partial charge on any atom is -0.483 e. The highest BCUT2D eigenvalue weighted by Crippen LogP contribution is 2.22. The van der Waals surface area contributed by atoms with Crippen LogP contribution in [-0.4, -0.2) is 23.6 Å². The Hall–Kier alpha value is -2.34. The van der Waals surface area contributed by atoms with Gasteiger partial charge in [-0.2, -0.15) is 0 Å². The average molecular weight is 378 g/mol. The fourth-order valence-electron chi connectivity index (χ4n) is 2.01. The van der Waals surface area contributed by atoms with Crippen molar-refractivity contribution in [2.45, 2.75) is 13.8 Å². The SMILES string of the molecule is Cc1cccc(OCC(=O)Nc2ccc(Br)cc2C(=O)O)c1C. The normalized spacial score (nSPS) is 10.2. The molecule has 0 aromatic heterocycles. The van der Waals surface area contributed by atoms with Crippen LogP contribution in [0.2, 0.25) is 0 Å². The van der Waals surface area contributed by atoms with Gasteiger partial charge in [-0.3, -0.25) is 4.79 Å². The van der Waals surface area contributed by atoms with Gasteiger partial charge < -0.3 is 15.2 Å². The van der Waals surface area contributed by atoms with Gasteiger partial charge in [0.05, 0.1) is 11.3 Å². The summed E-state index contributed by atoms with van der Waals surface area (Å²) in [6.45, 7) is 3.68. The molecule has 0 aliphatic heterocycles. The summed E-state index contributed by atoms with van der Waals surface area (Å²) >= 11 is 3.21. The number of nitrogens with one attached hydrogen (secondary N) is 1. The molecule has 0 fully saturated rings. The van der Waals surface area contributed by atoms with E-state index in [2.05, 4.69) is 21.2 Å². The molecule has 0 aliphatic carbocycles. The number of anilines is 1. The zero-order chi connectivity index (χ0) is 17.0. The lowest BCUT2D eigenvalue weighted by molar-refractivity contribution is -0.118. The summed E-state index contributed by atoms with van der Waals surface area (Å²) in [7, 11) is 0. The molecule has 0 unspecified atom stereocenters. The van der Waals surface area contributed by atoms with Crippen molar-refractivity contribution in [3.63, 3.8) is 0 Å². The number of hydrogen-bond donors (Lipinski definition) is 2. The summed E-state index contributed by atoms with van der Waals surface area (Å²) in [4.78, 5) is 23.2. The second-order valence-electron chi connectivity index (χ2n) is 5.03. The minimum absolute atomic E-state index is 0.0134. The van der Waals surface area contributed by atoms with Crippen LogP contribution in [-0.2, 0) is 4.79 Å². The number of aromatic carboxylic acids is 1. The number of carboxylic acids is 1. The van der Waals surface area contributed by atoms with E-state index in [1.54, 1.807) is 12.1 Å². The quantitative estimate of drug-likeness (QED) is 0.830. The zero-order valence-corrected chi connectivity index (χ0v) is 14.3. The first-order valence-corrected chi connectivity index (χ1v) is 7.69. The van der Waals surface area contributed by atoms with Gasteiger partial charge in [-0.15, -0.1) is 0 Å². The molecule has 2 aromatic rings. The number of amides is 1. The second-order valence-corrected chi connectivity index (χ2v) is 5.95. The number of rotatable bonds is 5. The number of carbonyl (C=O) groups excluding carboxylic acids is 1. The van der Waals surface area contributed by atoms with E-state index in [1.807, 2.05) is 26.0 Å². The highest BCUT2D eigenvalue weighted by molar-refractivity contribution is 9.10. The van der Waals surface area contributed by atoms with Gasteiger partial charge in [-0.25, -0.2) is 4.79 Å². The topological polar surface area (TPSA) is 75.6 Å². The maximum absolute atomic E-state index is 12.0. The van der Waals surface area contributed by atoms with Crippen LogP contribution in [0.25, 0.3) is 0 Å². The Morgan fingerprint density at radius 2 is 1.96 bits per heavy atom. The lowest BCUT2D eigenvalue weighted by Crippen LogP contribution is -2.21. The van der Waals surface area contributed by atoms with Crippen molar-refractivity contribution in [3.8, 4) is 5.75 Å². The molecule has 5 nitrogen and oxygen atoms in total. The van der Waals surface area contributed by atoms with Crippen molar-refractivity contribution < 1.29 is 19.4 Å². The maximum Gasteiger partial charge on any atom is 0.337 e. The van der Waals surface area contributed by atoms with Crippen LogP contribution in [0.3, 0.4) is 0 Å². The van der Waals surface area contributed by atoms with E-state index in [0.717, 1.165) is 11.1 Å². The lowest BCUT2D eigenvalue weighted by atomic mass is 10.1. The average Bonchev–Trinajstić information content (AvgIpc) is 2.50. The van der Waals surface area contributed by atoms with Gasteiger partial charge in [0, 0.05) is 4.47 Å². The molecule has 1 amide bonds. The molecule has 2 rings (SSSR count). The highest BCUT2D eigenvalue weighted by atomic mass is 79.9. The van der Waals surface area contributed by atoms with Crippen molar-refractivity contribution in [1.29, 1.82) is 0 Å².